The molecule has 0 bridgehead atoms. The van der Waals surface area contributed by atoms with Crippen LogP contribution in [0, 0.1) is 0 Å². The number of nitrogens with zero attached hydrogens (tertiary/aromatic N) is 1. The van der Waals surface area contributed by atoms with E-state index in [0.717, 1.165) is 29.6 Å². The molecule has 0 saturated heterocycles. The van der Waals surface area contributed by atoms with Gasteiger partial charge in [-0.05, 0) is 24.5 Å². The molecule has 0 unspecified atom stereocenters. The van der Waals surface area contributed by atoms with Crippen LogP contribution in [0.1, 0.15) is 12.8 Å². The van der Waals surface area contributed by atoms with E-state index in [9.17, 15) is 4.79 Å². The Morgan fingerprint density at radius 2 is 2.41 bits per heavy atom. The molecular formula is C11H11ClN2O2S. The van der Waals surface area contributed by atoms with Gasteiger partial charge >= 0.3 is 0 Å². The lowest BCUT2D eigenvalue weighted by atomic mass is 10.1. The Morgan fingerprint density at radius 1 is 1.59 bits per heavy atom. The van der Waals surface area contributed by atoms with Gasteiger partial charge in [0.1, 0.15) is 0 Å². The molecule has 2 N–H and O–H groups in total. The van der Waals surface area contributed by atoms with Crippen LogP contribution in [0.2, 0.25) is 0 Å². The molecule has 1 aliphatic rings. The number of thioether (sulfide) groups is 1. The van der Waals surface area contributed by atoms with E-state index < -0.39 is 5.56 Å². The van der Waals surface area contributed by atoms with E-state index in [4.69, 9.17) is 16.7 Å². The lowest BCUT2D eigenvalue weighted by Crippen LogP contribution is -2.07. The molecule has 0 spiro atoms. The molecule has 0 amide bonds. The van der Waals surface area contributed by atoms with Crippen LogP contribution in [-0.4, -0.2) is 20.8 Å². The number of aromatic nitrogens is 2. The fourth-order valence-corrected chi connectivity index (χ4v) is 2.47. The maximum absolute atomic E-state index is 11.1. The number of rotatable bonds is 3. The summed E-state index contributed by atoms with van der Waals surface area (Å²) in [6, 6.07) is 0. The zero-order valence-electron chi connectivity index (χ0n) is 8.94. The van der Waals surface area contributed by atoms with Crippen molar-refractivity contribution in [1.29, 1.82) is 0 Å². The van der Waals surface area contributed by atoms with Crippen LogP contribution in [0.4, 0.5) is 0 Å². The molecule has 1 aromatic heterocycles. The minimum atomic E-state index is -0.520. The predicted octanol–water partition coefficient (Wildman–Crippen LogP) is 2.41. The first-order valence-corrected chi connectivity index (χ1v) is 6.47. The monoisotopic (exact) mass is 270 g/mol. The van der Waals surface area contributed by atoms with Crippen molar-refractivity contribution in [2.75, 3.05) is 5.75 Å². The fraction of sp³-hybridized carbons (Fsp3) is 0.273. The van der Waals surface area contributed by atoms with Crippen LogP contribution < -0.4 is 5.56 Å². The first-order chi connectivity index (χ1) is 8.15. The topological polar surface area (TPSA) is 66.0 Å². The second-order valence-corrected chi connectivity index (χ2v) is 5.05. The Labute approximate surface area is 107 Å². The quantitative estimate of drug-likeness (QED) is 0.654. The number of hydrogen-bond donors (Lipinski definition) is 2. The highest BCUT2D eigenvalue weighted by atomic mass is 35.5. The third-order valence-corrected chi connectivity index (χ3v) is 3.52. The van der Waals surface area contributed by atoms with Gasteiger partial charge in [-0.2, -0.15) is 0 Å². The van der Waals surface area contributed by atoms with Crippen LogP contribution in [0.3, 0.4) is 0 Å². The third kappa shape index (κ3) is 3.38. The van der Waals surface area contributed by atoms with E-state index in [2.05, 4.69) is 16.0 Å². The second-order valence-electron chi connectivity index (χ2n) is 3.60. The number of H-pyrrole nitrogens is 1. The molecule has 0 aliphatic heterocycles. The molecule has 0 atom stereocenters. The molecule has 4 nitrogen and oxygen atoms in total. The smallest absolute Gasteiger partial charge is 0.293 e. The molecule has 90 valence electrons. The average molecular weight is 271 g/mol. The van der Waals surface area contributed by atoms with Gasteiger partial charge in [0.05, 0.1) is 6.20 Å². The van der Waals surface area contributed by atoms with E-state index in [-0.39, 0.29) is 5.75 Å². The van der Waals surface area contributed by atoms with Crippen LogP contribution >= 0.6 is 23.4 Å². The van der Waals surface area contributed by atoms with Crippen molar-refractivity contribution in [3.05, 3.63) is 39.3 Å². The lowest BCUT2D eigenvalue weighted by Gasteiger charge is -2.08. The highest BCUT2D eigenvalue weighted by molar-refractivity contribution is 7.99. The van der Waals surface area contributed by atoms with Gasteiger partial charge in [-0.3, -0.25) is 9.78 Å². The van der Waals surface area contributed by atoms with Crippen molar-refractivity contribution in [3.8, 4) is 5.75 Å². The van der Waals surface area contributed by atoms with E-state index in [1.54, 1.807) is 0 Å². The summed E-state index contributed by atoms with van der Waals surface area (Å²) < 4.78 is 0. The molecule has 0 radical (unpaired) electrons. The van der Waals surface area contributed by atoms with Crippen LogP contribution in [0.5, 0.6) is 5.75 Å². The van der Waals surface area contributed by atoms with Gasteiger partial charge < -0.3 is 5.11 Å². The van der Waals surface area contributed by atoms with Crippen molar-refractivity contribution in [3.63, 3.8) is 0 Å². The fourth-order valence-electron chi connectivity index (χ4n) is 1.43. The third-order valence-electron chi connectivity index (χ3n) is 2.26. The molecule has 1 heterocycles. The summed E-state index contributed by atoms with van der Waals surface area (Å²) >= 11 is 7.35. The Kier molecular flexibility index (Phi) is 3.91. The predicted molar refractivity (Wildman–Crippen MR) is 68.5 cm³/mol. The SMILES string of the molecule is O=c1[nH]c(SCC2=CCCC(Cl)=C2)ncc1O. The van der Waals surface area contributed by atoms with Gasteiger partial charge in [-0.15, -0.1) is 0 Å². The summed E-state index contributed by atoms with van der Waals surface area (Å²) in [5.41, 5.74) is 0.607. The van der Waals surface area contributed by atoms with Crippen LogP contribution in [0.25, 0.3) is 0 Å². The van der Waals surface area contributed by atoms with Crippen molar-refractivity contribution < 1.29 is 5.11 Å². The number of aromatic amines is 1. The van der Waals surface area contributed by atoms with E-state index in [0.29, 0.717) is 10.9 Å². The van der Waals surface area contributed by atoms with Gasteiger partial charge in [0, 0.05) is 10.8 Å². The second kappa shape index (κ2) is 5.42. The van der Waals surface area contributed by atoms with Crippen molar-refractivity contribution >= 4 is 23.4 Å². The minimum Gasteiger partial charge on any atom is -0.502 e. The summed E-state index contributed by atoms with van der Waals surface area (Å²) in [6.45, 7) is 0. The molecule has 0 aromatic carbocycles. The zero-order chi connectivity index (χ0) is 12.3. The van der Waals surface area contributed by atoms with Gasteiger partial charge in [-0.1, -0.05) is 29.4 Å². The first-order valence-electron chi connectivity index (χ1n) is 5.11. The summed E-state index contributed by atoms with van der Waals surface area (Å²) in [6.07, 6.45) is 7.06. The van der Waals surface area contributed by atoms with E-state index in [1.807, 2.05) is 6.08 Å². The largest absolute Gasteiger partial charge is 0.502 e. The summed E-state index contributed by atoms with van der Waals surface area (Å²) in [5.74, 6) is 0.332. The Bertz CT molecular complexity index is 537. The normalized spacial score (nSPS) is 15.4. The van der Waals surface area contributed by atoms with Crippen molar-refractivity contribution in [2.45, 2.75) is 18.0 Å². The van der Waals surface area contributed by atoms with Gasteiger partial charge in [0.2, 0.25) is 0 Å². The van der Waals surface area contributed by atoms with E-state index >= 15 is 0 Å². The molecule has 0 fully saturated rings. The van der Waals surface area contributed by atoms with Crippen LogP contribution in [0.15, 0.2) is 38.9 Å². The summed E-state index contributed by atoms with van der Waals surface area (Å²) in [5, 5.41) is 10.4. The molecule has 1 aromatic rings. The standard InChI is InChI=1S/C11H11ClN2O2S/c12-8-3-1-2-7(4-8)6-17-11-13-5-9(15)10(16)14-11/h2,4-5,15H,1,3,6H2,(H,13,14,16). The van der Waals surface area contributed by atoms with Crippen molar-refractivity contribution in [2.24, 2.45) is 0 Å². The molecule has 17 heavy (non-hydrogen) atoms. The zero-order valence-corrected chi connectivity index (χ0v) is 10.5. The van der Waals surface area contributed by atoms with Crippen molar-refractivity contribution in [1.82, 2.24) is 9.97 Å². The molecule has 1 aliphatic carbocycles. The lowest BCUT2D eigenvalue weighted by molar-refractivity contribution is 0.460. The highest BCUT2D eigenvalue weighted by Gasteiger charge is 2.06. The van der Waals surface area contributed by atoms with E-state index in [1.165, 1.54) is 11.8 Å². The number of allylic oxidation sites excluding steroid dienone is 3. The first kappa shape index (κ1) is 12.3. The Morgan fingerprint density at radius 3 is 3.12 bits per heavy atom. The maximum atomic E-state index is 11.1. The number of nitrogens with one attached hydrogen (secondary N) is 1. The molecular weight excluding hydrogens is 260 g/mol. The number of hydrogen-bond acceptors (Lipinski definition) is 4. The Balaban J connectivity index is 2.01. The molecule has 0 saturated carbocycles. The molecule has 2 rings (SSSR count). The highest BCUT2D eigenvalue weighted by Crippen LogP contribution is 2.24. The summed E-state index contributed by atoms with van der Waals surface area (Å²) in [7, 11) is 0. The Hall–Kier alpha value is -1.20. The summed E-state index contributed by atoms with van der Waals surface area (Å²) in [4.78, 5) is 17.5. The van der Waals surface area contributed by atoms with Gasteiger partial charge in [0.15, 0.2) is 10.9 Å². The van der Waals surface area contributed by atoms with Gasteiger partial charge in [-0.25, -0.2) is 4.98 Å². The minimum absolute atomic E-state index is 0.367. The van der Waals surface area contributed by atoms with Gasteiger partial charge in [0.25, 0.3) is 5.56 Å². The maximum Gasteiger partial charge on any atom is 0.293 e. The number of aromatic hydroxyl groups is 1. The number of halogens is 1. The average Bonchev–Trinajstić information content (AvgIpc) is 2.31. The molecule has 6 heteroatoms. The van der Waals surface area contributed by atoms with Crippen LogP contribution in [-0.2, 0) is 0 Å².